The molecule has 0 heterocycles. The van der Waals surface area contributed by atoms with Gasteiger partial charge in [0.1, 0.15) is 0 Å². The second-order valence-electron chi connectivity index (χ2n) is 2.15. The quantitative estimate of drug-likeness (QED) is 0.563. The number of nitriles is 1. The minimum atomic E-state index is 0.322. The molecular formula is C7H12N2. The van der Waals surface area contributed by atoms with Crippen molar-refractivity contribution in [3.05, 3.63) is 11.8 Å². The van der Waals surface area contributed by atoms with E-state index in [1.165, 1.54) is 0 Å². The summed E-state index contributed by atoms with van der Waals surface area (Å²) in [7, 11) is 1.79. The van der Waals surface area contributed by atoms with Crippen molar-refractivity contribution in [2.45, 2.75) is 13.8 Å². The molecule has 0 bridgehead atoms. The van der Waals surface area contributed by atoms with Gasteiger partial charge in [-0.2, -0.15) is 5.26 Å². The predicted octanol–water partition coefficient (Wildman–Crippen LogP) is 1.27. The summed E-state index contributed by atoms with van der Waals surface area (Å²) >= 11 is 0. The van der Waals surface area contributed by atoms with E-state index >= 15 is 0 Å². The Balaban J connectivity index is 4.02. The molecule has 0 aliphatic carbocycles. The molecule has 50 valence electrons. The minimum absolute atomic E-state index is 0.322. The van der Waals surface area contributed by atoms with Crippen molar-refractivity contribution < 1.29 is 0 Å². The lowest BCUT2D eigenvalue weighted by Gasteiger charge is -1.99. The van der Waals surface area contributed by atoms with Crippen LogP contribution < -0.4 is 5.32 Å². The van der Waals surface area contributed by atoms with Crippen LogP contribution in [0.5, 0.6) is 0 Å². The average molecular weight is 124 g/mol. The van der Waals surface area contributed by atoms with Gasteiger partial charge in [-0.3, -0.25) is 0 Å². The van der Waals surface area contributed by atoms with Crippen molar-refractivity contribution in [1.82, 2.24) is 5.32 Å². The van der Waals surface area contributed by atoms with Gasteiger partial charge in [0.25, 0.3) is 0 Å². The Labute approximate surface area is 56.2 Å². The Kier molecular flexibility index (Phi) is 3.54. The molecule has 1 N–H and O–H groups in total. The van der Waals surface area contributed by atoms with E-state index in [2.05, 4.69) is 11.4 Å². The first kappa shape index (κ1) is 8.03. The topological polar surface area (TPSA) is 35.8 Å². The molecule has 2 nitrogen and oxygen atoms in total. The lowest BCUT2D eigenvalue weighted by atomic mass is 10.1. The van der Waals surface area contributed by atoms with Gasteiger partial charge in [-0.05, 0) is 5.92 Å². The maximum atomic E-state index is 8.47. The summed E-state index contributed by atoms with van der Waals surface area (Å²) in [4.78, 5) is 0. The molecule has 0 atom stereocenters. The van der Waals surface area contributed by atoms with Gasteiger partial charge >= 0.3 is 0 Å². The van der Waals surface area contributed by atoms with E-state index in [0.29, 0.717) is 5.92 Å². The van der Waals surface area contributed by atoms with E-state index in [1.807, 2.05) is 13.8 Å². The minimum Gasteiger partial charge on any atom is -0.393 e. The molecular weight excluding hydrogens is 112 g/mol. The Bertz CT molecular complexity index is 139. The predicted molar refractivity (Wildman–Crippen MR) is 37.6 cm³/mol. The van der Waals surface area contributed by atoms with Gasteiger partial charge in [-0.1, -0.05) is 13.8 Å². The van der Waals surface area contributed by atoms with Crippen LogP contribution >= 0.6 is 0 Å². The smallest absolute Gasteiger partial charge is 0.0965 e. The maximum absolute atomic E-state index is 8.47. The van der Waals surface area contributed by atoms with Crippen molar-refractivity contribution in [3.8, 4) is 6.07 Å². The number of rotatable bonds is 2. The molecule has 0 unspecified atom stereocenters. The van der Waals surface area contributed by atoms with Crippen molar-refractivity contribution in [2.75, 3.05) is 7.05 Å². The summed E-state index contributed by atoms with van der Waals surface area (Å²) in [6.45, 7) is 3.98. The number of nitrogens with zero attached hydrogens (tertiary/aromatic N) is 1. The summed E-state index contributed by atoms with van der Waals surface area (Å²) in [6.07, 6.45) is 1.73. The molecule has 0 fully saturated rings. The van der Waals surface area contributed by atoms with E-state index in [-0.39, 0.29) is 0 Å². The van der Waals surface area contributed by atoms with Crippen molar-refractivity contribution >= 4 is 0 Å². The molecule has 0 aliphatic heterocycles. The number of allylic oxidation sites excluding steroid dienone is 1. The third-order valence-electron chi connectivity index (χ3n) is 1.05. The summed E-state index contributed by atoms with van der Waals surface area (Å²) in [5, 5.41) is 11.3. The first-order valence-corrected chi connectivity index (χ1v) is 2.99. The molecule has 0 aromatic rings. The zero-order valence-electron chi connectivity index (χ0n) is 6.10. The van der Waals surface area contributed by atoms with Crippen LogP contribution in [0.15, 0.2) is 11.8 Å². The second-order valence-corrected chi connectivity index (χ2v) is 2.15. The first-order chi connectivity index (χ1) is 4.22. The van der Waals surface area contributed by atoms with Crippen LogP contribution in [0.2, 0.25) is 0 Å². The molecule has 0 aromatic carbocycles. The molecule has 0 saturated carbocycles. The van der Waals surface area contributed by atoms with E-state index in [4.69, 9.17) is 5.26 Å². The third kappa shape index (κ3) is 2.76. The fraction of sp³-hybridized carbons (Fsp3) is 0.571. The zero-order valence-corrected chi connectivity index (χ0v) is 6.10. The third-order valence-corrected chi connectivity index (χ3v) is 1.05. The number of hydrogen-bond donors (Lipinski definition) is 1. The molecule has 0 aromatic heterocycles. The zero-order chi connectivity index (χ0) is 7.28. The SMILES string of the molecule is CN/C=C(/C#N)C(C)C. The Morgan fingerprint density at radius 1 is 1.67 bits per heavy atom. The monoisotopic (exact) mass is 124 g/mol. The van der Waals surface area contributed by atoms with Crippen molar-refractivity contribution in [1.29, 1.82) is 5.26 Å². The average Bonchev–Trinajstić information content (AvgIpc) is 1.82. The summed E-state index contributed by atoms with van der Waals surface area (Å²) in [6, 6.07) is 2.10. The van der Waals surface area contributed by atoms with E-state index in [1.54, 1.807) is 13.2 Å². The van der Waals surface area contributed by atoms with Crippen LogP contribution in [0.1, 0.15) is 13.8 Å². The summed E-state index contributed by atoms with van der Waals surface area (Å²) < 4.78 is 0. The lowest BCUT2D eigenvalue weighted by molar-refractivity contribution is 0.784. The summed E-state index contributed by atoms with van der Waals surface area (Å²) in [5.41, 5.74) is 0.789. The normalized spacial score (nSPS) is 11.2. The molecule has 2 heteroatoms. The Morgan fingerprint density at radius 2 is 2.22 bits per heavy atom. The van der Waals surface area contributed by atoms with Gasteiger partial charge in [0, 0.05) is 18.8 Å². The highest BCUT2D eigenvalue weighted by Crippen LogP contribution is 2.05. The molecule has 0 radical (unpaired) electrons. The van der Waals surface area contributed by atoms with Crippen LogP contribution in [0.4, 0.5) is 0 Å². The highest BCUT2D eigenvalue weighted by atomic mass is 14.8. The molecule has 0 aliphatic rings. The highest BCUT2D eigenvalue weighted by molar-refractivity contribution is 5.21. The van der Waals surface area contributed by atoms with Crippen LogP contribution in [0, 0.1) is 17.2 Å². The Morgan fingerprint density at radius 3 is 2.33 bits per heavy atom. The van der Waals surface area contributed by atoms with Gasteiger partial charge in [-0.25, -0.2) is 0 Å². The number of nitrogens with one attached hydrogen (secondary N) is 1. The van der Waals surface area contributed by atoms with Crippen molar-refractivity contribution in [2.24, 2.45) is 5.92 Å². The molecule has 9 heavy (non-hydrogen) atoms. The van der Waals surface area contributed by atoms with Crippen LogP contribution in [-0.2, 0) is 0 Å². The largest absolute Gasteiger partial charge is 0.393 e. The van der Waals surface area contributed by atoms with Gasteiger partial charge in [0.15, 0.2) is 0 Å². The van der Waals surface area contributed by atoms with Crippen LogP contribution in [0.3, 0.4) is 0 Å². The first-order valence-electron chi connectivity index (χ1n) is 2.99. The molecule has 0 saturated heterocycles. The van der Waals surface area contributed by atoms with E-state index < -0.39 is 0 Å². The van der Waals surface area contributed by atoms with Gasteiger partial charge in [0.05, 0.1) is 6.07 Å². The molecule has 0 rings (SSSR count). The van der Waals surface area contributed by atoms with Gasteiger partial charge < -0.3 is 5.32 Å². The fourth-order valence-electron chi connectivity index (χ4n) is 0.484. The van der Waals surface area contributed by atoms with E-state index in [9.17, 15) is 0 Å². The summed E-state index contributed by atoms with van der Waals surface area (Å²) in [5.74, 6) is 0.322. The van der Waals surface area contributed by atoms with Gasteiger partial charge in [0.2, 0.25) is 0 Å². The fourth-order valence-corrected chi connectivity index (χ4v) is 0.484. The maximum Gasteiger partial charge on any atom is 0.0965 e. The second kappa shape index (κ2) is 3.96. The standard InChI is InChI=1S/C7H12N2/c1-6(2)7(4-8)5-9-3/h5-6,9H,1-3H3/b7-5-. The number of hydrogen-bond acceptors (Lipinski definition) is 2. The molecule has 0 amide bonds. The lowest BCUT2D eigenvalue weighted by Crippen LogP contribution is -1.99. The van der Waals surface area contributed by atoms with Crippen molar-refractivity contribution in [3.63, 3.8) is 0 Å². The van der Waals surface area contributed by atoms with Crippen LogP contribution in [0.25, 0.3) is 0 Å². The van der Waals surface area contributed by atoms with Crippen LogP contribution in [-0.4, -0.2) is 7.05 Å². The van der Waals surface area contributed by atoms with E-state index in [0.717, 1.165) is 5.57 Å². The Hall–Kier alpha value is -0.970. The highest BCUT2D eigenvalue weighted by Gasteiger charge is 1.98. The van der Waals surface area contributed by atoms with Gasteiger partial charge in [-0.15, -0.1) is 0 Å². The molecule has 0 spiro atoms.